The number of thioether (sulfide) groups is 1. The minimum atomic E-state index is -4.47. The number of nitrogens with zero attached hydrogens (tertiary/aromatic N) is 2. The summed E-state index contributed by atoms with van der Waals surface area (Å²) in [5, 5.41) is 23.7. The smallest absolute Gasteiger partial charge is 0.325 e. The molecule has 28 heavy (non-hydrogen) atoms. The number of alkyl halides is 3. The van der Waals surface area contributed by atoms with Crippen molar-refractivity contribution < 1.29 is 22.8 Å². The minimum absolute atomic E-state index is 0.185. The number of hydrogen-bond donors (Lipinski definition) is 2. The highest BCUT2D eigenvalue weighted by Gasteiger charge is 2.44. The first-order chi connectivity index (χ1) is 13.0. The summed E-state index contributed by atoms with van der Waals surface area (Å²) in [5.74, 6) is -2.30. The van der Waals surface area contributed by atoms with Gasteiger partial charge in [0.15, 0.2) is 0 Å². The number of carbonyl (C=O) groups is 2. The number of anilines is 1. The normalized spacial score (nSPS) is 18.7. The Labute approximate surface area is 163 Å². The molecular formula is C18H15F3N4O2S. The molecule has 6 nitrogen and oxygen atoms in total. The summed E-state index contributed by atoms with van der Waals surface area (Å²) in [6.07, 6.45) is -4.47. The lowest BCUT2D eigenvalue weighted by molar-refractivity contribution is -0.137. The van der Waals surface area contributed by atoms with Gasteiger partial charge in [-0.1, -0.05) is 25.6 Å². The second-order valence-corrected chi connectivity index (χ2v) is 7.49. The standard InChI is InChI=1S/C18H15F3N4O2S/c1-17(2)12(7-22)15(27)25-16(13(17)8-23)28-9-14(26)24-11-5-3-10(4-6-11)18(19,20)21/h3-6,12H,9H2,1-2H3,(H,24,26)(H,25,27)/t12-/m0/s1. The zero-order valence-electron chi connectivity index (χ0n) is 14.8. The van der Waals surface area contributed by atoms with E-state index in [0.29, 0.717) is 0 Å². The van der Waals surface area contributed by atoms with Gasteiger partial charge in [-0.25, -0.2) is 0 Å². The van der Waals surface area contributed by atoms with Gasteiger partial charge in [0, 0.05) is 11.1 Å². The average Bonchev–Trinajstić information content (AvgIpc) is 2.59. The Hall–Kier alpha value is -2.98. The predicted molar refractivity (Wildman–Crippen MR) is 96.2 cm³/mol. The van der Waals surface area contributed by atoms with Gasteiger partial charge < -0.3 is 10.6 Å². The van der Waals surface area contributed by atoms with Gasteiger partial charge in [-0.3, -0.25) is 9.59 Å². The molecule has 0 fully saturated rings. The van der Waals surface area contributed by atoms with Crippen molar-refractivity contribution in [2.75, 3.05) is 11.1 Å². The number of allylic oxidation sites excluding steroid dienone is 1. The van der Waals surface area contributed by atoms with Crippen molar-refractivity contribution in [2.24, 2.45) is 11.3 Å². The molecule has 1 aromatic rings. The lowest BCUT2D eigenvalue weighted by Gasteiger charge is -2.34. The van der Waals surface area contributed by atoms with E-state index in [2.05, 4.69) is 10.6 Å². The number of nitrogens with one attached hydrogen (secondary N) is 2. The molecule has 146 valence electrons. The fourth-order valence-electron chi connectivity index (χ4n) is 2.61. The Balaban J connectivity index is 2.08. The van der Waals surface area contributed by atoms with Gasteiger partial charge in [-0.2, -0.15) is 23.7 Å². The van der Waals surface area contributed by atoms with Crippen LogP contribution in [0.15, 0.2) is 34.9 Å². The van der Waals surface area contributed by atoms with Crippen molar-refractivity contribution in [3.8, 4) is 12.1 Å². The van der Waals surface area contributed by atoms with E-state index in [9.17, 15) is 28.0 Å². The summed E-state index contributed by atoms with van der Waals surface area (Å²) in [7, 11) is 0. The molecule has 0 saturated heterocycles. The van der Waals surface area contributed by atoms with Gasteiger partial charge in [0.25, 0.3) is 0 Å². The maximum Gasteiger partial charge on any atom is 0.416 e. The van der Waals surface area contributed by atoms with Crippen molar-refractivity contribution in [2.45, 2.75) is 20.0 Å². The van der Waals surface area contributed by atoms with Gasteiger partial charge >= 0.3 is 6.18 Å². The number of rotatable bonds is 4. The Bertz CT molecular complexity index is 909. The van der Waals surface area contributed by atoms with Crippen LogP contribution in [-0.2, 0) is 15.8 Å². The van der Waals surface area contributed by atoms with Crippen LogP contribution < -0.4 is 10.6 Å². The number of nitriles is 2. The zero-order valence-corrected chi connectivity index (χ0v) is 15.7. The molecule has 0 bridgehead atoms. The van der Waals surface area contributed by atoms with E-state index < -0.39 is 34.9 Å². The van der Waals surface area contributed by atoms with Crippen LogP contribution >= 0.6 is 11.8 Å². The molecule has 2 N–H and O–H groups in total. The molecule has 2 rings (SSSR count). The molecule has 1 heterocycles. The molecule has 0 aliphatic carbocycles. The summed E-state index contributed by atoms with van der Waals surface area (Å²) in [4.78, 5) is 24.1. The second kappa shape index (κ2) is 7.95. The molecule has 0 unspecified atom stereocenters. The Kier molecular flexibility index (Phi) is 6.05. The number of amides is 2. The Morgan fingerprint density at radius 3 is 2.39 bits per heavy atom. The van der Waals surface area contributed by atoms with Crippen molar-refractivity contribution >= 4 is 29.3 Å². The summed E-state index contributed by atoms with van der Waals surface area (Å²) in [5.41, 5.74) is -1.47. The van der Waals surface area contributed by atoms with E-state index in [1.54, 1.807) is 13.8 Å². The highest BCUT2D eigenvalue weighted by molar-refractivity contribution is 8.03. The molecule has 1 aliphatic rings. The van der Waals surface area contributed by atoms with Gasteiger partial charge in [0.05, 0.1) is 34.1 Å². The molecule has 0 saturated carbocycles. The Morgan fingerprint density at radius 1 is 1.29 bits per heavy atom. The van der Waals surface area contributed by atoms with E-state index in [4.69, 9.17) is 5.26 Å². The highest BCUT2D eigenvalue weighted by atomic mass is 32.2. The lowest BCUT2D eigenvalue weighted by atomic mass is 9.72. The largest absolute Gasteiger partial charge is 0.416 e. The van der Waals surface area contributed by atoms with Crippen molar-refractivity contribution in [3.63, 3.8) is 0 Å². The summed E-state index contributed by atoms with van der Waals surface area (Å²) in [6.45, 7) is 3.20. The van der Waals surface area contributed by atoms with Crippen molar-refractivity contribution in [3.05, 3.63) is 40.4 Å². The third-order valence-electron chi connectivity index (χ3n) is 4.18. The number of carbonyl (C=O) groups excluding carboxylic acids is 2. The monoisotopic (exact) mass is 408 g/mol. The summed E-state index contributed by atoms with van der Waals surface area (Å²) < 4.78 is 37.6. The predicted octanol–water partition coefficient (Wildman–Crippen LogP) is 3.41. The van der Waals surface area contributed by atoms with Crippen LogP contribution in [0.5, 0.6) is 0 Å². The van der Waals surface area contributed by atoms with Crippen molar-refractivity contribution in [1.29, 1.82) is 10.5 Å². The molecular weight excluding hydrogens is 393 g/mol. The minimum Gasteiger partial charge on any atom is -0.325 e. The van der Waals surface area contributed by atoms with Crippen LogP contribution in [0.25, 0.3) is 0 Å². The number of halogens is 3. The van der Waals surface area contributed by atoms with Gasteiger partial charge in [0.1, 0.15) is 5.92 Å². The van der Waals surface area contributed by atoms with E-state index in [0.717, 1.165) is 36.0 Å². The van der Waals surface area contributed by atoms with E-state index >= 15 is 0 Å². The van der Waals surface area contributed by atoms with Crippen LogP contribution in [-0.4, -0.2) is 17.6 Å². The van der Waals surface area contributed by atoms with Crippen LogP contribution in [0.3, 0.4) is 0 Å². The summed E-state index contributed by atoms with van der Waals surface area (Å²) in [6, 6.07) is 7.82. The average molecular weight is 408 g/mol. The molecule has 0 radical (unpaired) electrons. The molecule has 1 aliphatic heterocycles. The van der Waals surface area contributed by atoms with Crippen LogP contribution in [0.4, 0.5) is 18.9 Å². The van der Waals surface area contributed by atoms with E-state index in [-0.39, 0.29) is 22.0 Å². The first-order valence-corrected chi connectivity index (χ1v) is 8.94. The molecule has 0 aromatic heterocycles. The third kappa shape index (κ3) is 4.46. The van der Waals surface area contributed by atoms with Crippen molar-refractivity contribution in [1.82, 2.24) is 5.32 Å². The second-order valence-electron chi connectivity index (χ2n) is 6.50. The fourth-order valence-corrected chi connectivity index (χ4v) is 3.59. The molecule has 10 heteroatoms. The van der Waals surface area contributed by atoms with Crippen LogP contribution in [0.1, 0.15) is 19.4 Å². The highest BCUT2D eigenvalue weighted by Crippen LogP contribution is 2.41. The third-order valence-corrected chi connectivity index (χ3v) is 5.18. The SMILES string of the molecule is CC1(C)C(C#N)=C(SCC(=O)Nc2ccc(C(F)(F)F)cc2)NC(=O)[C@@H]1C#N. The molecule has 2 amide bonds. The van der Waals surface area contributed by atoms with Crippen LogP contribution in [0.2, 0.25) is 0 Å². The zero-order chi connectivity index (χ0) is 21.1. The summed E-state index contributed by atoms with van der Waals surface area (Å²) >= 11 is 0.907. The molecule has 1 aromatic carbocycles. The quantitative estimate of drug-likeness (QED) is 0.794. The fraction of sp³-hybridized carbons (Fsp3) is 0.333. The molecule has 0 spiro atoms. The molecule has 1 atom stereocenters. The van der Waals surface area contributed by atoms with Gasteiger partial charge in [0.2, 0.25) is 11.8 Å². The first kappa shape index (κ1) is 21.3. The van der Waals surface area contributed by atoms with E-state index in [1.165, 1.54) is 0 Å². The lowest BCUT2D eigenvalue weighted by Crippen LogP contribution is -2.44. The first-order valence-electron chi connectivity index (χ1n) is 7.96. The topological polar surface area (TPSA) is 106 Å². The van der Waals surface area contributed by atoms with Crippen LogP contribution in [0, 0.1) is 34.0 Å². The maximum atomic E-state index is 12.5. The van der Waals surface area contributed by atoms with Gasteiger partial charge in [-0.05, 0) is 24.3 Å². The number of hydrogen-bond acceptors (Lipinski definition) is 5. The maximum absolute atomic E-state index is 12.5. The van der Waals surface area contributed by atoms with E-state index in [1.807, 2.05) is 12.1 Å². The Morgan fingerprint density at radius 2 is 1.89 bits per heavy atom. The van der Waals surface area contributed by atoms with Gasteiger partial charge in [-0.15, -0.1) is 0 Å². The number of benzene rings is 1.